The molecule has 0 aliphatic carbocycles. The van der Waals surface area contributed by atoms with Gasteiger partial charge in [0.2, 0.25) is 6.29 Å². The van der Waals surface area contributed by atoms with E-state index in [-0.39, 0.29) is 0 Å². The number of amides is 1. The van der Waals surface area contributed by atoms with Crippen LogP contribution in [0.1, 0.15) is 0 Å². The van der Waals surface area contributed by atoms with Crippen molar-refractivity contribution in [3.8, 4) is 0 Å². The fourth-order valence-electron chi connectivity index (χ4n) is 0.175. The molecule has 8 heavy (non-hydrogen) atoms. The molecule has 0 radical (unpaired) electrons. The Morgan fingerprint density at radius 2 is 2.25 bits per heavy atom. The Morgan fingerprint density at radius 1 is 1.75 bits per heavy atom. The molecule has 0 saturated carbocycles. The highest BCUT2D eigenvalue weighted by Gasteiger charge is 2.05. The van der Waals surface area contributed by atoms with E-state index in [2.05, 4.69) is 6.58 Å². The lowest BCUT2D eigenvalue weighted by Gasteiger charge is -1.98. The van der Waals surface area contributed by atoms with E-state index in [9.17, 15) is 4.79 Å². The molecule has 0 aromatic carbocycles. The van der Waals surface area contributed by atoms with Gasteiger partial charge in [0.05, 0.1) is 0 Å². The van der Waals surface area contributed by atoms with Crippen LogP contribution in [0.15, 0.2) is 12.8 Å². The second-order valence-corrected chi connectivity index (χ2v) is 1.09. The van der Waals surface area contributed by atoms with Gasteiger partial charge in [0.25, 0.3) is 5.91 Å². The quantitative estimate of drug-likeness (QED) is 0.388. The minimum Gasteiger partial charge on any atom is -0.361 e. The van der Waals surface area contributed by atoms with E-state index in [4.69, 9.17) is 10.2 Å². The third kappa shape index (κ3) is 2.33. The van der Waals surface area contributed by atoms with Gasteiger partial charge in [-0.05, 0) is 6.20 Å². The predicted octanol–water partition coefficient (Wildman–Crippen LogP) is -1.44. The number of aliphatic hydroxyl groups is 2. The number of nitrogens with one attached hydrogen (secondary N) is 1. The van der Waals surface area contributed by atoms with Gasteiger partial charge in [-0.2, -0.15) is 0 Å². The third-order valence-electron chi connectivity index (χ3n) is 0.479. The molecule has 0 atom stereocenters. The van der Waals surface area contributed by atoms with Crippen LogP contribution in [0.3, 0.4) is 0 Å². The van der Waals surface area contributed by atoms with Gasteiger partial charge in [-0.15, -0.1) is 0 Å². The number of hydrogen-bond acceptors (Lipinski definition) is 3. The van der Waals surface area contributed by atoms with Crippen molar-refractivity contribution in [3.05, 3.63) is 12.8 Å². The summed E-state index contributed by atoms with van der Waals surface area (Å²) in [5, 5.41) is 18.1. The average Bonchev–Trinajstić information content (AvgIpc) is 1.67. The molecule has 4 heteroatoms. The summed E-state index contributed by atoms with van der Waals surface area (Å²) in [5.41, 5.74) is 0. The molecular formula is C4H7NO3. The van der Waals surface area contributed by atoms with Crippen LogP contribution in [0, 0.1) is 0 Å². The van der Waals surface area contributed by atoms with Crippen molar-refractivity contribution >= 4 is 5.91 Å². The number of carbonyl (C=O) groups excluding carboxylic acids is 1. The lowest BCUT2D eigenvalue weighted by Crippen LogP contribution is -2.30. The minimum absolute atomic E-state index is 0.875. The molecular weight excluding hydrogens is 110 g/mol. The van der Waals surface area contributed by atoms with Gasteiger partial charge in [-0.1, -0.05) is 6.58 Å². The van der Waals surface area contributed by atoms with Gasteiger partial charge in [0.15, 0.2) is 0 Å². The first-order valence-electron chi connectivity index (χ1n) is 1.96. The fraction of sp³-hybridized carbons (Fsp3) is 0.250. The van der Waals surface area contributed by atoms with Gasteiger partial charge >= 0.3 is 0 Å². The van der Waals surface area contributed by atoms with Crippen LogP contribution in [-0.4, -0.2) is 22.4 Å². The zero-order chi connectivity index (χ0) is 6.57. The molecule has 0 aliphatic heterocycles. The Kier molecular flexibility index (Phi) is 2.83. The highest BCUT2D eigenvalue weighted by atomic mass is 16.5. The van der Waals surface area contributed by atoms with E-state index in [1.807, 2.05) is 5.32 Å². The summed E-state index contributed by atoms with van der Waals surface area (Å²) in [7, 11) is 0. The normalized spacial score (nSPS) is 8.88. The van der Waals surface area contributed by atoms with Crippen LogP contribution in [0.4, 0.5) is 0 Å². The van der Waals surface area contributed by atoms with E-state index in [1.165, 1.54) is 0 Å². The first-order chi connectivity index (χ1) is 3.68. The van der Waals surface area contributed by atoms with Crippen LogP contribution in [0.2, 0.25) is 0 Å². The zero-order valence-corrected chi connectivity index (χ0v) is 4.16. The van der Waals surface area contributed by atoms with Gasteiger partial charge in [-0.25, -0.2) is 0 Å². The van der Waals surface area contributed by atoms with E-state index in [0.717, 1.165) is 6.20 Å². The molecule has 0 heterocycles. The highest BCUT2D eigenvalue weighted by Crippen LogP contribution is 1.71. The van der Waals surface area contributed by atoms with Crippen molar-refractivity contribution in [1.82, 2.24) is 5.32 Å². The lowest BCUT2D eigenvalue weighted by atomic mass is 10.6. The van der Waals surface area contributed by atoms with Crippen LogP contribution in [0.25, 0.3) is 0 Å². The number of aliphatic hydroxyl groups excluding tert-OH is 1. The van der Waals surface area contributed by atoms with E-state index >= 15 is 0 Å². The summed E-state index contributed by atoms with van der Waals surface area (Å²) < 4.78 is 0. The summed E-state index contributed by atoms with van der Waals surface area (Å²) in [6, 6.07) is 0. The van der Waals surface area contributed by atoms with Crippen LogP contribution in [-0.2, 0) is 4.79 Å². The largest absolute Gasteiger partial charge is 0.361 e. The highest BCUT2D eigenvalue weighted by molar-refractivity contribution is 5.79. The standard InChI is InChI=1S/C4H7NO3/c1-2-5-3(6)4(7)8/h2,4,7-8H,1H2,(H,5,6). The van der Waals surface area contributed by atoms with Crippen molar-refractivity contribution in [2.75, 3.05) is 0 Å². The lowest BCUT2D eigenvalue weighted by molar-refractivity contribution is -0.146. The maximum Gasteiger partial charge on any atom is 0.280 e. The summed E-state index contributed by atoms with van der Waals surface area (Å²) >= 11 is 0. The molecule has 0 saturated heterocycles. The maximum atomic E-state index is 10.1. The topological polar surface area (TPSA) is 69.6 Å². The monoisotopic (exact) mass is 117 g/mol. The van der Waals surface area contributed by atoms with Crippen LogP contribution in [0.5, 0.6) is 0 Å². The summed E-state index contributed by atoms with van der Waals surface area (Å²) in [5.74, 6) is -0.875. The van der Waals surface area contributed by atoms with Crippen molar-refractivity contribution in [1.29, 1.82) is 0 Å². The summed E-state index contributed by atoms with van der Waals surface area (Å²) in [4.78, 5) is 10.1. The van der Waals surface area contributed by atoms with Crippen molar-refractivity contribution in [2.45, 2.75) is 6.29 Å². The number of rotatable bonds is 2. The maximum absolute atomic E-state index is 10.1. The van der Waals surface area contributed by atoms with Crippen molar-refractivity contribution in [3.63, 3.8) is 0 Å². The molecule has 0 unspecified atom stereocenters. The second kappa shape index (κ2) is 3.17. The Hall–Kier alpha value is -0.870. The van der Waals surface area contributed by atoms with Gasteiger partial charge < -0.3 is 15.5 Å². The van der Waals surface area contributed by atoms with Crippen LogP contribution >= 0.6 is 0 Å². The fourth-order valence-corrected chi connectivity index (χ4v) is 0.175. The van der Waals surface area contributed by atoms with Gasteiger partial charge in [0, 0.05) is 0 Å². The van der Waals surface area contributed by atoms with E-state index < -0.39 is 12.2 Å². The first kappa shape index (κ1) is 7.13. The van der Waals surface area contributed by atoms with Crippen molar-refractivity contribution in [2.24, 2.45) is 0 Å². The minimum atomic E-state index is -1.95. The summed E-state index contributed by atoms with van der Waals surface area (Å²) in [6.45, 7) is 3.13. The molecule has 0 aliphatic rings. The van der Waals surface area contributed by atoms with E-state index in [0.29, 0.717) is 0 Å². The SMILES string of the molecule is C=CNC(=O)C(O)O. The van der Waals surface area contributed by atoms with Crippen LogP contribution < -0.4 is 5.32 Å². The molecule has 0 aromatic rings. The Morgan fingerprint density at radius 3 is 2.38 bits per heavy atom. The Balaban J connectivity index is 3.48. The first-order valence-corrected chi connectivity index (χ1v) is 1.96. The molecule has 46 valence electrons. The number of hydrogen-bond donors (Lipinski definition) is 3. The molecule has 0 aromatic heterocycles. The molecule has 0 bridgehead atoms. The molecule has 0 fully saturated rings. The average molecular weight is 117 g/mol. The third-order valence-corrected chi connectivity index (χ3v) is 0.479. The smallest absolute Gasteiger partial charge is 0.280 e. The zero-order valence-electron chi connectivity index (χ0n) is 4.16. The van der Waals surface area contributed by atoms with Gasteiger partial charge in [-0.3, -0.25) is 4.79 Å². The molecule has 0 spiro atoms. The summed E-state index contributed by atoms with van der Waals surface area (Å²) in [6.07, 6.45) is -0.880. The van der Waals surface area contributed by atoms with E-state index in [1.54, 1.807) is 0 Å². The second-order valence-electron chi connectivity index (χ2n) is 1.09. The number of carbonyl (C=O) groups is 1. The Bertz CT molecular complexity index is 99.5. The molecule has 0 rings (SSSR count). The predicted molar refractivity (Wildman–Crippen MR) is 26.6 cm³/mol. The Labute approximate surface area is 46.4 Å². The van der Waals surface area contributed by atoms with Gasteiger partial charge in [0.1, 0.15) is 0 Å². The van der Waals surface area contributed by atoms with Crippen molar-refractivity contribution < 1.29 is 15.0 Å². The molecule has 4 nitrogen and oxygen atoms in total. The molecule has 3 N–H and O–H groups in total. The molecule has 1 amide bonds.